The molecule has 1 unspecified atom stereocenters. The number of rotatable bonds is 3. The van der Waals surface area contributed by atoms with Gasteiger partial charge < -0.3 is 13.9 Å². The minimum absolute atomic E-state index is 0.0105. The second kappa shape index (κ2) is 4.44. The van der Waals surface area contributed by atoms with Gasteiger partial charge in [-0.15, -0.1) is 0 Å². The lowest BCUT2D eigenvalue weighted by Gasteiger charge is -2.22. The van der Waals surface area contributed by atoms with Gasteiger partial charge in [-0.3, -0.25) is 0 Å². The summed E-state index contributed by atoms with van der Waals surface area (Å²) in [6.45, 7) is 1.41. The molecular formula is C10H14O3. The van der Waals surface area contributed by atoms with Gasteiger partial charge in [0.05, 0.1) is 19.1 Å². The van der Waals surface area contributed by atoms with Crippen molar-refractivity contribution in [1.82, 2.24) is 0 Å². The van der Waals surface area contributed by atoms with Gasteiger partial charge in [-0.1, -0.05) is 0 Å². The minimum atomic E-state index is -0.0105. The topological polar surface area (TPSA) is 31.6 Å². The summed E-state index contributed by atoms with van der Waals surface area (Å²) in [5.41, 5.74) is 1.06. The molecule has 1 atom stereocenters. The Morgan fingerprint density at radius 1 is 1.46 bits per heavy atom. The van der Waals surface area contributed by atoms with E-state index in [0.29, 0.717) is 6.61 Å². The van der Waals surface area contributed by atoms with Crippen molar-refractivity contribution in [1.29, 1.82) is 0 Å². The normalized spacial score (nSPS) is 23.2. The molecule has 13 heavy (non-hydrogen) atoms. The Balaban J connectivity index is 1.72. The van der Waals surface area contributed by atoms with Gasteiger partial charge >= 0.3 is 0 Å². The van der Waals surface area contributed by atoms with Crippen LogP contribution in [0.5, 0.6) is 0 Å². The Morgan fingerprint density at radius 2 is 2.46 bits per heavy atom. The SMILES string of the molecule is c1cc(COC2CCCCO2)co1. The summed E-state index contributed by atoms with van der Waals surface area (Å²) in [6.07, 6.45) is 6.71. The largest absolute Gasteiger partial charge is 0.472 e. The molecule has 0 spiro atoms. The fourth-order valence-corrected chi connectivity index (χ4v) is 1.41. The van der Waals surface area contributed by atoms with Crippen LogP contribution < -0.4 is 0 Å². The fraction of sp³-hybridized carbons (Fsp3) is 0.600. The summed E-state index contributed by atoms with van der Waals surface area (Å²) < 4.78 is 15.9. The Labute approximate surface area is 77.6 Å². The molecule has 1 aromatic rings. The second-order valence-electron chi connectivity index (χ2n) is 3.24. The monoisotopic (exact) mass is 182 g/mol. The average Bonchev–Trinajstić information content (AvgIpc) is 2.69. The molecule has 0 amide bonds. The first-order valence-electron chi connectivity index (χ1n) is 4.69. The van der Waals surface area contributed by atoms with E-state index in [9.17, 15) is 0 Å². The fourth-order valence-electron chi connectivity index (χ4n) is 1.41. The van der Waals surface area contributed by atoms with Gasteiger partial charge in [0, 0.05) is 12.2 Å². The number of hydrogen-bond acceptors (Lipinski definition) is 3. The lowest BCUT2D eigenvalue weighted by atomic mass is 10.2. The van der Waals surface area contributed by atoms with Crippen molar-refractivity contribution in [3.05, 3.63) is 24.2 Å². The van der Waals surface area contributed by atoms with E-state index < -0.39 is 0 Å². The first-order valence-corrected chi connectivity index (χ1v) is 4.69. The van der Waals surface area contributed by atoms with E-state index in [2.05, 4.69) is 0 Å². The molecule has 0 N–H and O–H groups in total. The highest BCUT2D eigenvalue weighted by molar-refractivity contribution is 5.03. The van der Waals surface area contributed by atoms with E-state index in [4.69, 9.17) is 13.9 Å². The van der Waals surface area contributed by atoms with Gasteiger partial charge in [0.25, 0.3) is 0 Å². The highest BCUT2D eigenvalue weighted by atomic mass is 16.7. The molecule has 1 aliphatic rings. The summed E-state index contributed by atoms with van der Waals surface area (Å²) in [5.74, 6) is 0. The third kappa shape index (κ3) is 2.57. The zero-order valence-electron chi connectivity index (χ0n) is 7.57. The molecule has 0 aromatic carbocycles. The van der Waals surface area contributed by atoms with Crippen molar-refractivity contribution in [3.8, 4) is 0 Å². The molecule has 3 nitrogen and oxygen atoms in total. The Kier molecular flexibility index (Phi) is 3.00. The van der Waals surface area contributed by atoms with Crippen LogP contribution >= 0.6 is 0 Å². The summed E-state index contributed by atoms with van der Waals surface area (Å²) in [5, 5.41) is 0. The lowest BCUT2D eigenvalue weighted by molar-refractivity contribution is -0.168. The van der Waals surface area contributed by atoms with Crippen LogP contribution in [0.15, 0.2) is 23.0 Å². The van der Waals surface area contributed by atoms with E-state index in [0.717, 1.165) is 25.0 Å². The lowest BCUT2D eigenvalue weighted by Crippen LogP contribution is -2.21. The van der Waals surface area contributed by atoms with E-state index in [-0.39, 0.29) is 6.29 Å². The number of furan rings is 1. The molecule has 2 rings (SSSR count). The summed E-state index contributed by atoms with van der Waals surface area (Å²) in [6, 6.07) is 1.91. The van der Waals surface area contributed by atoms with Crippen LogP contribution in [-0.4, -0.2) is 12.9 Å². The average molecular weight is 182 g/mol. The Morgan fingerprint density at radius 3 is 3.15 bits per heavy atom. The van der Waals surface area contributed by atoms with Crippen LogP contribution in [0.2, 0.25) is 0 Å². The van der Waals surface area contributed by atoms with Gasteiger partial charge in [-0.2, -0.15) is 0 Å². The molecule has 3 heteroatoms. The van der Waals surface area contributed by atoms with Crippen LogP contribution in [-0.2, 0) is 16.1 Å². The van der Waals surface area contributed by atoms with Gasteiger partial charge in [-0.25, -0.2) is 0 Å². The third-order valence-electron chi connectivity index (χ3n) is 2.15. The molecule has 2 heterocycles. The van der Waals surface area contributed by atoms with Gasteiger partial charge in [0.1, 0.15) is 0 Å². The molecule has 1 aliphatic heterocycles. The van der Waals surface area contributed by atoms with Gasteiger partial charge in [0.2, 0.25) is 0 Å². The zero-order valence-corrected chi connectivity index (χ0v) is 7.57. The highest BCUT2D eigenvalue weighted by Gasteiger charge is 2.13. The molecule has 0 saturated carbocycles. The number of hydrogen-bond donors (Lipinski definition) is 0. The summed E-state index contributed by atoms with van der Waals surface area (Å²) in [7, 11) is 0. The van der Waals surface area contributed by atoms with Gasteiger partial charge in [0.15, 0.2) is 6.29 Å². The molecule has 0 bridgehead atoms. The standard InChI is InChI=1S/C10H14O3/c1-2-5-12-10(3-1)13-8-9-4-6-11-7-9/h4,6-7,10H,1-3,5,8H2. The van der Waals surface area contributed by atoms with Crippen LogP contribution in [0.25, 0.3) is 0 Å². The summed E-state index contributed by atoms with van der Waals surface area (Å²) >= 11 is 0. The maximum absolute atomic E-state index is 5.55. The smallest absolute Gasteiger partial charge is 0.158 e. The molecule has 0 aliphatic carbocycles. The maximum atomic E-state index is 5.55. The molecule has 0 radical (unpaired) electrons. The highest BCUT2D eigenvalue weighted by Crippen LogP contribution is 2.15. The minimum Gasteiger partial charge on any atom is -0.472 e. The predicted octanol–water partition coefficient (Wildman–Crippen LogP) is 2.32. The quantitative estimate of drug-likeness (QED) is 0.719. The molecular weight excluding hydrogens is 168 g/mol. The number of ether oxygens (including phenoxy) is 2. The first-order chi connectivity index (χ1) is 6.45. The van der Waals surface area contributed by atoms with Crippen LogP contribution in [0.1, 0.15) is 24.8 Å². The van der Waals surface area contributed by atoms with Crippen molar-refractivity contribution in [2.24, 2.45) is 0 Å². The molecule has 1 saturated heterocycles. The van der Waals surface area contributed by atoms with Crippen LogP contribution in [0.4, 0.5) is 0 Å². The Bertz CT molecular complexity index is 224. The van der Waals surface area contributed by atoms with Crippen LogP contribution in [0.3, 0.4) is 0 Å². The second-order valence-corrected chi connectivity index (χ2v) is 3.24. The zero-order chi connectivity index (χ0) is 8.93. The first kappa shape index (κ1) is 8.78. The molecule has 72 valence electrons. The maximum Gasteiger partial charge on any atom is 0.158 e. The van der Waals surface area contributed by atoms with E-state index in [1.807, 2.05) is 6.07 Å². The predicted molar refractivity (Wildman–Crippen MR) is 47.1 cm³/mol. The van der Waals surface area contributed by atoms with E-state index >= 15 is 0 Å². The van der Waals surface area contributed by atoms with Crippen molar-refractivity contribution < 1.29 is 13.9 Å². The van der Waals surface area contributed by atoms with Crippen LogP contribution in [0, 0.1) is 0 Å². The molecule has 1 fully saturated rings. The van der Waals surface area contributed by atoms with Gasteiger partial charge in [-0.05, 0) is 25.3 Å². The Hall–Kier alpha value is -0.800. The van der Waals surface area contributed by atoms with Crippen molar-refractivity contribution in [2.45, 2.75) is 32.2 Å². The van der Waals surface area contributed by atoms with E-state index in [1.54, 1.807) is 12.5 Å². The van der Waals surface area contributed by atoms with Crippen molar-refractivity contribution >= 4 is 0 Å². The summed E-state index contributed by atoms with van der Waals surface area (Å²) in [4.78, 5) is 0. The molecule has 1 aromatic heterocycles. The third-order valence-corrected chi connectivity index (χ3v) is 2.15. The van der Waals surface area contributed by atoms with E-state index in [1.165, 1.54) is 6.42 Å². The van der Waals surface area contributed by atoms with Crippen molar-refractivity contribution in [2.75, 3.05) is 6.61 Å². The van der Waals surface area contributed by atoms with Crippen molar-refractivity contribution in [3.63, 3.8) is 0 Å².